The van der Waals surface area contributed by atoms with Gasteiger partial charge in [-0.3, -0.25) is 19.1 Å². The fourth-order valence-corrected chi connectivity index (χ4v) is 9.95. The molecule has 8 aromatic carbocycles. The van der Waals surface area contributed by atoms with E-state index in [2.05, 4.69) is 162 Å². The summed E-state index contributed by atoms with van der Waals surface area (Å²) in [7, 11) is 0. The molecule has 10 nitrogen and oxygen atoms in total. The van der Waals surface area contributed by atoms with E-state index >= 15 is 0 Å². The molecule has 0 saturated carbocycles. The average Bonchev–Trinajstić information content (AvgIpc) is 4.02. The Hall–Kier alpha value is -9.80. The smallest absolute Gasteiger partial charge is 0.151 e. The fraction of sp³-hybridized carbons (Fsp3) is 0. The average molecular weight is 903 g/mol. The normalized spacial score (nSPS) is 12.5. The summed E-state index contributed by atoms with van der Waals surface area (Å²) < 4.78 is 17.5. The Morgan fingerprint density at radius 3 is 1.04 bits per heavy atom. The Bertz CT molecular complexity index is 3650. The number of benzene rings is 8. The van der Waals surface area contributed by atoms with Crippen LogP contribution in [0.5, 0.6) is 23.0 Å². The van der Waals surface area contributed by atoms with Crippen molar-refractivity contribution in [1.82, 2.24) is 29.1 Å². The summed E-state index contributed by atoms with van der Waals surface area (Å²) >= 11 is 0. The topological polar surface area (TPSA) is 86.4 Å². The summed E-state index contributed by atoms with van der Waals surface area (Å²) in [5.74, 6) is 4.60. The molecule has 0 amide bonds. The molecule has 0 spiro atoms. The third-order valence-corrected chi connectivity index (χ3v) is 13.0. The van der Waals surface area contributed by atoms with Gasteiger partial charge >= 0.3 is 0 Å². The van der Waals surface area contributed by atoms with Gasteiger partial charge in [0.15, 0.2) is 23.0 Å². The van der Waals surface area contributed by atoms with Crippen LogP contribution in [0.2, 0.25) is 0 Å². The molecular weight excluding hydrogens is 865 g/mol. The van der Waals surface area contributed by atoms with E-state index < -0.39 is 0 Å². The second-order valence-electron chi connectivity index (χ2n) is 17.2. The molecule has 0 bridgehead atoms. The number of imidazole rings is 2. The van der Waals surface area contributed by atoms with Crippen molar-refractivity contribution in [3.63, 3.8) is 0 Å². The summed E-state index contributed by atoms with van der Waals surface area (Å²) in [4.78, 5) is 24.5. The SMILES string of the molecule is c1ccc(-n2c(-c3cc(-c4cc(-c5nc6ccncc6n5-c5ccccc5)cc(N5c6ccccc6Oc6ccccc65)c4)cc(N4c5ccccc5Oc5ccccc54)c3)nc3ccncc32)cc1. The van der Waals surface area contributed by atoms with E-state index in [4.69, 9.17) is 19.4 Å². The van der Waals surface area contributed by atoms with Gasteiger partial charge in [-0.05, 0) is 132 Å². The number of fused-ring (bicyclic) bond motifs is 6. The first kappa shape index (κ1) is 39.4. The summed E-state index contributed by atoms with van der Waals surface area (Å²) in [6.45, 7) is 0. The van der Waals surface area contributed by atoms with Crippen LogP contribution < -0.4 is 19.3 Å². The standard InChI is InChI=1S/C60H38N8O2/c1-3-15-43(16-4-1)67-53-37-61-29-27-47(53)63-59(67)41-31-39(33-45(35-41)65-49-19-7-11-23-55(49)69-56-24-12-8-20-50(56)65)40-32-42(60-64-48-28-30-62-38-54(48)68(60)44-17-5-2-6-18-44)36-46(34-40)66-51-21-9-13-25-57(51)70-58-26-14-10-22-52(58)66/h1-38H. The molecule has 0 saturated heterocycles. The maximum Gasteiger partial charge on any atom is 0.151 e. The summed E-state index contributed by atoms with van der Waals surface area (Å²) in [6.07, 6.45) is 7.37. The lowest BCUT2D eigenvalue weighted by atomic mass is 9.96. The second-order valence-corrected chi connectivity index (χ2v) is 17.2. The summed E-state index contributed by atoms with van der Waals surface area (Å²) in [6, 6.07) is 71.0. The van der Waals surface area contributed by atoms with Crippen molar-refractivity contribution in [3.8, 4) is 68.3 Å². The van der Waals surface area contributed by atoms with Crippen molar-refractivity contribution in [3.05, 3.63) is 231 Å². The number of hydrogen-bond donors (Lipinski definition) is 0. The van der Waals surface area contributed by atoms with Gasteiger partial charge in [-0.2, -0.15) is 0 Å². The number of pyridine rings is 2. The van der Waals surface area contributed by atoms with Crippen molar-refractivity contribution in [2.24, 2.45) is 0 Å². The van der Waals surface area contributed by atoms with Crippen molar-refractivity contribution in [2.45, 2.75) is 0 Å². The molecular formula is C60H38N8O2. The first-order valence-electron chi connectivity index (χ1n) is 23.1. The predicted octanol–water partition coefficient (Wildman–Crippen LogP) is 15.3. The summed E-state index contributed by atoms with van der Waals surface area (Å²) in [5.41, 5.74) is 14.7. The third-order valence-electron chi connectivity index (χ3n) is 13.0. The molecule has 330 valence electrons. The minimum Gasteiger partial charge on any atom is -0.453 e. The van der Waals surface area contributed by atoms with Gasteiger partial charge in [0, 0.05) is 46.3 Å². The Morgan fingerprint density at radius 2 is 0.657 bits per heavy atom. The molecule has 70 heavy (non-hydrogen) atoms. The highest BCUT2D eigenvalue weighted by atomic mass is 16.5. The molecule has 0 radical (unpaired) electrons. The van der Waals surface area contributed by atoms with E-state index in [0.717, 1.165) is 124 Å². The zero-order chi connectivity index (χ0) is 46.1. The Balaban J connectivity index is 1.08. The molecule has 2 aliphatic rings. The number of rotatable bonds is 7. The van der Waals surface area contributed by atoms with E-state index in [1.165, 1.54) is 0 Å². The van der Waals surface area contributed by atoms with Gasteiger partial charge in [0.2, 0.25) is 0 Å². The minimum atomic E-state index is 0.763. The second kappa shape index (κ2) is 15.9. The molecule has 0 aliphatic carbocycles. The lowest BCUT2D eigenvalue weighted by Crippen LogP contribution is -2.16. The minimum absolute atomic E-state index is 0.763. The highest BCUT2D eigenvalue weighted by molar-refractivity contribution is 5.95. The van der Waals surface area contributed by atoms with Crippen LogP contribution in [0.15, 0.2) is 231 Å². The molecule has 0 fully saturated rings. The molecule has 2 aliphatic heterocycles. The van der Waals surface area contributed by atoms with E-state index in [9.17, 15) is 0 Å². The quantitative estimate of drug-likeness (QED) is 0.156. The first-order chi connectivity index (χ1) is 34.7. The number of ether oxygens (including phenoxy) is 2. The van der Waals surface area contributed by atoms with Gasteiger partial charge in [-0.15, -0.1) is 0 Å². The summed E-state index contributed by atoms with van der Waals surface area (Å²) in [5, 5.41) is 0. The molecule has 12 aromatic rings. The Morgan fingerprint density at radius 1 is 0.314 bits per heavy atom. The number of anilines is 6. The number of hydrogen-bond acceptors (Lipinski definition) is 8. The molecule has 0 unspecified atom stereocenters. The molecule has 0 N–H and O–H groups in total. The van der Waals surface area contributed by atoms with Crippen LogP contribution in [-0.2, 0) is 0 Å². The van der Waals surface area contributed by atoms with Gasteiger partial charge in [0.05, 0.1) is 57.2 Å². The van der Waals surface area contributed by atoms with Crippen LogP contribution in [-0.4, -0.2) is 29.1 Å². The monoisotopic (exact) mass is 902 g/mol. The van der Waals surface area contributed by atoms with Gasteiger partial charge in [0.1, 0.15) is 11.6 Å². The molecule has 6 heterocycles. The van der Waals surface area contributed by atoms with Crippen LogP contribution in [0.25, 0.3) is 67.3 Å². The lowest BCUT2D eigenvalue weighted by Gasteiger charge is -2.34. The third kappa shape index (κ3) is 6.42. The number of para-hydroxylation sites is 10. The highest BCUT2D eigenvalue weighted by Crippen LogP contribution is 2.54. The van der Waals surface area contributed by atoms with Crippen LogP contribution >= 0.6 is 0 Å². The van der Waals surface area contributed by atoms with E-state index in [1.54, 1.807) is 12.4 Å². The lowest BCUT2D eigenvalue weighted by molar-refractivity contribution is 0.476. The van der Waals surface area contributed by atoms with Crippen LogP contribution in [0, 0.1) is 0 Å². The Kier molecular flexibility index (Phi) is 8.96. The van der Waals surface area contributed by atoms with Crippen molar-refractivity contribution in [1.29, 1.82) is 0 Å². The maximum absolute atomic E-state index is 6.56. The van der Waals surface area contributed by atoms with Crippen LogP contribution in [0.1, 0.15) is 0 Å². The van der Waals surface area contributed by atoms with Gasteiger partial charge in [0.25, 0.3) is 0 Å². The van der Waals surface area contributed by atoms with Crippen molar-refractivity contribution >= 4 is 56.2 Å². The van der Waals surface area contributed by atoms with Gasteiger partial charge < -0.3 is 19.3 Å². The maximum atomic E-state index is 6.56. The van der Waals surface area contributed by atoms with E-state index in [0.29, 0.717) is 0 Å². The zero-order valence-electron chi connectivity index (χ0n) is 37.3. The molecule has 4 aromatic heterocycles. The van der Waals surface area contributed by atoms with Crippen LogP contribution in [0.3, 0.4) is 0 Å². The zero-order valence-corrected chi connectivity index (χ0v) is 37.3. The number of aromatic nitrogens is 6. The molecule has 10 heteroatoms. The van der Waals surface area contributed by atoms with Crippen LogP contribution in [0.4, 0.5) is 34.1 Å². The molecule has 14 rings (SSSR count). The Labute approximate surface area is 402 Å². The van der Waals surface area contributed by atoms with Crippen molar-refractivity contribution < 1.29 is 9.47 Å². The van der Waals surface area contributed by atoms with E-state index in [-0.39, 0.29) is 0 Å². The van der Waals surface area contributed by atoms with E-state index in [1.807, 2.05) is 85.2 Å². The number of nitrogens with zero attached hydrogens (tertiary/aromatic N) is 8. The predicted molar refractivity (Wildman–Crippen MR) is 277 cm³/mol. The van der Waals surface area contributed by atoms with Gasteiger partial charge in [-0.1, -0.05) is 84.9 Å². The fourth-order valence-electron chi connectivity index (χ4n) is 9.95. The van der Waals surface area contributed by atoms with Crippen molar-refractivity contribution in [2.75, 3.05) is 9.80 Å². The first-order valence-corrected chi connectivity index (χ1v) is 23.1. The van der Waals surface area contributed by atoms with Gasteiger partial charge in [-0.25, -0.2) is 9.97 Å². The highest BCUT2D eigenvalue weighted by Gasteiger charge is 2.30. The largest absolute Gasteiger partial charge is 0.453 e. The molecule has 0 atom stereocenters.